The molecule has 2 aromatic rings. The van der Waals surface area contributed by atoms with E-state index in [4.69, 9.17) is 4.52 Å². The fourth-order valence-electron chi connectivity index (χ4n) is 1.58. The van der Waals surface area contributed by atoms with E-state index in [1.54, 1.807) is 12.4 Å². The molecule has 0 saturated heterocycles. The molecule has 2 aromatic heterocycles. The van der Waals surface area contributed by atoms with Crippen LogP contribution in [0.2, 0.25) is 0 Å². The van der Waals surface area contributed by atoms with Gasteiger partial charge < -0.3 is 9.84 Å². The molecule has 16 heavy (non-hydrogen) atoms. The second kappa shape index (κ2) is 3.96. The molecule has 3 rings (SSSR count). The molecule has 0 aliphatic heterocycles. The van der Waals surface area contributed by atoms with E-state index in [0.717, 1.165) is 29.6 Å². The lowest BCUT2D eigenvalue weighted by atomic mass is 10.2. The fraction of sp³-hybridized carbons (Fsp3) is 0.333. The van der Waals surface area contributed by atoms with Crippen LogP contribution in [0.4, 0.5) is 5.82 Å². The van der Waals surface area contributed by atoms with Crippen molar-refractivity contribution in [1.29, 1.82) is 0 Å². The van der Waals surface area contributed by atoms with Gasteiger partial charge in [0, 0.05) is 30.6 Å². The first-order chi connectivity index (χ1) is 7.92. The molecule has 1 N–H and O–H groups in total. The number of nitrogens with one attached hydrogen (secondary N) is 1. The monoisotopic (exact) mass is 215 g/mol. The van der Waals surface area contributed by atoms with Crippen molar-refractivity contribution in [2.75, 3.05) is 11.9 Å². The standard InChI is InChI=1S/C12H13N3O/c1-2-9(1)8-14-12-7-11(16-15-12)10-3-5-13-6-4-10/h3-7,9H,1-2,8H2,(H,14,15). The van der Waals surface area contributed by atoms with Crippen molar-refractivity contribution >= 4 is 5.82 Å². The first-order valence-electron chi connectivity index (χ1n) is 5.53. The molecule has 1 saturated carbocycles. The Morgan fingerprint density at radius 3 is 2.88 bits per heavy atom. The Bertz CT molecular complexity index is 462. The summed E-state index contributed by atoms with van der Waals surface area (Å²) in [5, 5.41) is 7.26. The summed E-state index contributed by atoms with van der Waals surface area (Å²) in [7, 11) is 0. The predicted molar refractivity (Wildman–Crippen MR) is 60.9 cm³/mol. The van der Waals surface area contributed by atoms with E-state index >= 15 is 0 Å². The number of nitrogens with zero attached hydrogens (tertiary/aromatic N) is 2. The molecule has 0 atom stereocenters. The number of rotatable bonds is 4. The first kappa shape index (κ1) is 9.39. The molecule has 0 unspecified atom stereocenters. The maximum absolute atomic E-state index is 5.26. The zero-order valence-corrected chi connectivity index (χ0v) is 8.89. The maximum Gasteiger partial charge on any atom is 0.170 e. The highest BCUT2D eigenvalue weighted by molar-refractivity contribution is 5.59. The molecule has 82 valence electrons. The molecule has 1 aliphatic rings. The number of aromatic nitrogens is 2. The number of hydrogen-bond donors (Lipinski definition) is 1. The second-order valence-electron chi connectivity index (χ2n) is 4.14. The summed E-state index contributed by atoms with van der Waals surface area (Å²) in [6, 6.07) is 5.74. The lowest BCUT2D eigenvalue weighted by Gasteiger charge is -1.97. The summed E-state index contributed by atoms with van der Waals surface area (Å²) in [5.41, 5.74) is 1.00. The average molecular weight is 215 g/mol. The summed E-state index contributed by atoms with van der Waals surface area (Å²) in [6.07, 6.45) is 6.16. The van der Waals surface area contributed by atoms with E-state index in [2.05, 4.69) is 15.5 Å². The topological polar surface area (TPSA) is 51.0 Å². The third-order valence-electron chi connectivity index (χ3n) is 2.74. The van der Waals surface area contributed by atoms with Crippen LogP contribution in [0.5, 0.6) is 0 Å². The Balaban J connectivity index is 1.71. The molecule has 4 heteroatoms. The van der Waals surface area contributed by atoms with Gasteiger partial charge >= 0.3 is 0 Å². The minimum atomic E-state index is 0.778. The van der Waals surface area contributed by atoms with E-state index in [0.29, 0.717) is 0 Å². The van der Waals surface area contributed by atoms with Crippen LogP contribution in [-0.2, 0) is 0 Å². The molecule has 1 aliphatic carbocycles. The van der Waals surface area contributed by atoms with Gasteiger partial charge in [0.15, 0.2) is 11.6 Å². The molecule has 0 amide bonds. The molecule has 1 fully saturated rings. The Kier molecular flexibility index (Phi) is 2.33. The van der Waals surface area contributed by atoms with E-state index < -0.39 is 0 Å². The second-order valence-corrected chi connectivity index (χ2v) is 4.14. The molecule has 0 spiro atoms. The van der Waals surface area contributed by atoms with E-state index in [9.17, 15) is 0 Å². The first-order valence-corrected chi connectivity index (χ1v) is 5.53. The Morgan fingerprint density at radius 2 is 2.12 bits per heavy atom. The molecule has 4 nitrogen and oxygen atoms in total. The number of hydrogen-bond acceptors (Lipinski definition) is 4. The van der Waals surface area contributed by atoms with Crippen molar-refractivity contribution in [3.63, 3.8) is 0 Å². The van der Waals surface area contributed by atoms with Gasteiger partial charge in [-0.3, -0.25) is 4.98 Å². The Morgan fingerprint density at radius 1 is 1.31 bits per heavy atom. The van der Waals surface area contributed by atoms with Crippen molar-refractivity contribution in [1.82, 2.24) is 10.1 Å². The van der Waals surface area contributed by atoms with Crippen LogP contribution in [-0.4, -0.2) is 16.7 Å². The SMILES string of the molecule is c1cc(-c2cc(NCC3CC3)no2)ccn1. The van der Waals surface area contributed by atoms with Crippen molar-refractivity contribution in [2.45, 2.75) is 12.8 Å². The van der Waals surface area contributed by atoms with Crippen molar-refractivity contribution < 1.29 is 4.52 Å². The van der Waals surface area contributed by atoms with Gasteiger partial charge in [-0.25, -0.2) is 0 Å². The normalized spacial score (nSPS) is 15.0. The van der Waals surface area contributed by atoms with Crippen molar-refractivity contribution in [3.8, 4) is 11.3 Å². The quantitative estimate of drug-likeness (QED) is 0.851. The van der Waals surface area contributed by atoms with Crippen molar-refractivity contribution in [2.24, 2.45) is 5.92 Å². The summed E-state index contributed by atoms with van der Waals surface area (Å²) >= 11 is 0. The molecule has 0 bridgehead atoms. The zero-order chi connectivity index (χ0) is 10.8. The Labute approximate surface area is 93.7 Å². The Hall–Kier alpha value is -1.84. The highest BCUT2D eigenvalue weighted by atomic mass is 16.5. The van der Waals surface area contributed by atoms with Crippen LogP contribution in [0.25, 0.3) is 11.3 Å². The lowest BCUT2D eigenvalue weighted by Crippen LogP contribution is -2.02. The van der Waals surface area contributed by atoms with Crippen LogP contribution < -0.4 is 5.32 Å². The minimum Gasteiger partial charge on any atom is -0.367 e. The van der Waals surface area contributed by atoms with E-state index in [1.165, 1.54) is 12.8 Å². The summed E-state index contributed by atoms with van der Waals surface area (Å²) in [6.45, 7) is 1.00. The zero-order valence-electron chi connectivity index (χ0n) is 8.89. The van der Waals surface area contributed by atoms with Crippen molar-refractivity contribution in [3.05, 3.63) is 30.6 Å². The summed E-state index contributed by atoms with van der Waals surface area (Å²) in [5.74, 6) is 2.43. The van der Waals surface area contributed by atoms with Gasteiger partial charge in [-0.2, -0.15) is 0 Å². The van der Waals surface area contributed by atoms with Gasteiger partial charge in [-0.1, -0.05) is 5.16 Å². The maximum atomic E-state index is 5.26. The summed E-state index contributed by atoms with van der Waals surface area (Å²) < 4.78 is 5.26. The molecule has 0 aromatic carbocycles. The molecule has 0 radical (unpaired) electrons. The highest BCUT2D eigenvalue weighted by Crippen LogP contribution is 2.29. The minimum absolute atomic E-state index is 0.778. The van der Waals surface area contributed by atoms with Crippen LogP contribution in [0.15, 0.2) is 35.1 Å². The van der Waals surface area contributed by atoms with Gasteiger partial charge in [0.2, 0.25) is 0 Å². The van der Waals surface area contributed by atoms with Crippen LogP contribution in [0.3, 0.4) is 0 Å². The smallest absolute Gasteiger partial charge is 0.170 e. The largest absolute Gasteiger partial charge is 0.367 e. The fourth-order valence-corrected chi connectivity index (χ4v) is 1.58. The van der Waals surface area contributed by atoms with Crippen LogP contribution in [0.1, 0.15) is 12.8 Å². The highest BCUT2D eigenvalue weighted by Gasteiger charge is 2.21. The molecular formula is C12H13N3O. The van der Waals surface area contributed by atoms with Gasteiger partial charge in [0.1, 0.15) is 0 Å². The average Bonchev–Trinajstić information content (AvgIpc) is 3.05. The van der Waals surface area contributed by atoms with Gasteiger partial charge in [0.25, 0.3) is 0 Å². The van der Waals surface area contributed by atoms with E-state index in [-0.39, 0.29) is 0 Å². The van der Waals surface area contributed by atoms with Gasteiger partial charge in [0.05, 0.1) is 0 Å². The molecule has 2 heterocycles. The number of pyridine rings is 1. The van der Waals surface area contributed by atoms with Gasteiger partial charge in [-0.05, 0) is 30.9 Å². The van der Waals surface area contributed by atoms with Crippen LogP contribution in [0, 0.1) is 5.92 Å². The summed E-state index contributed by atoms with van der Waals surface area (Å²) in [4.78, 5) is 3.97. The molecular weight excluding hydrogens is 202 g/mol. The third kappa shape index (κ3) is 2.05. The van der Waals surface area contributed by atoms with Crippen LogP contribution >= 0.6 is 0 Å². The van der Waals surface area contributed by atoms with E-state index in [1.807, 2.05) is 18.2 Å². The number of anilines is 1. The predicted octanol–water partition coefficient (Wildman–Crippen LogP) is 2.56. The van der Waals surface area contributed by atoms with Gasteiger partial charge in [-0.15, -0.1) is 0 Å². The third-order valence-corrected chi connectivity index (χ3v) is 2.74. The lowest BCUT2D eigenvalue weighted by molar-refractivity contribution is 0.434.